The molecule has 0 aromatic heterocycles. The van der Waals surface area contributed by atoms with Gasteiger partial charge in [-0.05, 0) is 50.4 Å². The number of rotatable bonds is 5. The highest BCUT2D eigenvalue weighted by atomic mass is 32.2. The number of hydrogen-bond donors (Lipinski definition) is 0. The van der Waals surface area contributed by atoms with Crippen molar-refractivity contribution in [1.82, 2.24) is 4.31 Å². The predicted octanol–water partition coefficient (Wildman–Crippen LogP) is 5.86. The van der Waals surface area contributed by atoms with Crippen LogP contribution in [0.2, 0.25) is 0 Å². The molecule has 1 atom stereocenters. The lowest BCUT2D eigenvalue weighted by Crippen LogP contribution is -2.34. The number of carbonyl (C=O) groups excluding carboxylic acids is 1. The standard InChI is InChI=1S/C20H23NO2S/c1-5-18(16-12-8-6-9-13-16)21(19(22)23-20(2,3)4)24-17-14-10-7-11-15-17/h5-15,18H,1H2,2-4H3. The lowest BCUT2D eigenvalue weighted by molar-refractivity contribution is 0.0376. The molecule has 126 valence electrons. The monoisotopic (exact) mass is 341 g/mol. The van der Waals surface area contributed by atoms with Crippen molar-refractivity contribution in [3.05, 3.63) is 78.9 Å². The molecule has 0 aliphatic heterocycles. The van der Waals surface area contributed by atoms with Crippen molar-refractivity contribution >= 4 is 18.0 Å². The van der Waals surface area contributed by atoms with Gasteiger partial charge in [-0.15, -0.1) is 6.58 Å². The lowest BCUT2D eigenvalue weighted by Gasteiger charge is -2.31. The molecule has 0 heterocycles. The van der Waals surface area contributed by atoms with E-state index in [0.717, 1.165) is 10.5 Å². The maximum Gasteiger partial charge on any atom is 0.421 e. The first-order valence-corrected chi connectivity index (χ1v) is 8.61. The van der Waals surface area contributed by atoms with Gasteiger partial charge < -0.3 is 4.74 Å². The summed E-state index contributed by atoms with van der Waals surface area (Å²) in [6.45, 7) is 9.50. The zero-order chi connectivity index (χ0) is 17.6. The van der Waals surface area contributed by atoms with E-state index in [4.69, 9.17) is 4.74 Å². The second kappa shape index (κ2) is 8.06. The summed E-state index contributed by atoms with van der Waals surface area (Å²) in [6.07, 6.45) is 1.37. The first kappa shape index (κ1) is 18.1. The Kier molecular flexibility index (Phi) is 6.10. The summed E-state index contributed by atoms with van der Waals surface area (Å²) in [5, 5.41) is 0. The highest BCUT2D eigenvalue weighted by Gasteiger charge is 2.29. The number of amides is 1. The number of ether oxygens (including phenoxy) is 1. The molecule has 0 saturated heterocycles. The Morgan fingerprint density at radius 1 is 1.08 bits per heavy atom. The van der Waals surface area contributed by atoms with Crippen molar-refractivity contribution in [2.24, 2.45) is 0 Å². The predicted molar refractivity (Wildman–Crippen MR) is 99.8 cm³/mol. The van der Waals surface area contributed by atoms with E-state index in [1.165, 1.54) is 11.9 Å². The second-order valence-electron chi connectivity index (χ2n) is 6.30. The molecule has 2 aromatic carbocycles. The minimum atomic E-state index is -0.561. The number of benzene rings is 2. The van der Waals surface area contributed by atoms with Crippen LogP contribution in [0, 0.1) is 0 Å². The Morgan fingerprint density at radius 2 is 1.62 bits per heavy atom. The summed E-state index contributed by atoms with van der Waals surface area (Å²) < 4.78 is 7.22. The van der Waals surface area contributed by atoms with E-state index < -0.39 is 5.60 Å². The van der Waals surface area contributed by atoms with E-state index in [2.05, 4.69) is 6.58 Å². The van der Waals surface area contributed by atoms with Gasteiger partial charge in [0.1, 0.15) is 5.60 Å². The summed E-state index contributed by atoms with van der Waals surface area (Å²) in [4.78, 5) is 13.7. The van der Waals surface area contributed by atoms with Crippen LogP contribution < -0.4 is 0 Å². The first-order valence-electron chi connectivity index (χ1n) is 7.83. The van der Waals surface area contributed by atoms with E-state index in [9.17, 15) is 4.79 Å². The molecule has 3 nitrogen and oxygen atoms in total. The van der Waals surface area contributed by atoms with Gasteiger partial charge in [0.25, 0.3) is 0 Å². The second-order valence-corrected chi connectivity index (χ2v) is 7.35. The minimum Gasteiger partial charge on any atom is -0.443 e. The highest BCUT2D eigenvalue weighted by Crippen LogP contribution is 2.34. The Labute approximate surface area is 148 Å². The van der Waals surface area contributed by atoms with Crippen molar-refractivity contribution < 1.29 is 9.53 Å². The van der Waals surface area contributed by atoms with E-state index in [0.29, 0.717) is 0 Å². The average Bonchev–Trinajstić information content (AvgIpc) is 2.55. The van der Waals surface area contributed by atoms with Crippen LogP contribution in [-0.4, -0.2) is 16.0 Å². The van der Waals surface area contributed by atoms with Gasteiger partial charge in [-0.25, -0.2) is 9.10 Å². The zero-order valence-corrected chi connectivity index (χ0v) is 15.1. The summed E-state index contributed by atoms with van der Waals surface area (Å²) in [5.74, 6) is 0. The van der Waals surface area contributed by atoms with Crippen LogP contribution >= 0.6 is 11.9 Å². The molecule has 1 unspecified atom stereocenters. The van der Waals surface area contributed by atoms with Crippen LogP contribution in [0.25, 0.3) is 0 Å². The SMILES string of the molecule is C=CC(c1ccccc1)N(Sc1ccccc1)C(=O)OC(C)(C)C. The van der Waals surface area contributed by atoms with Gasteiger partial charge in [-0.1, -0.05) is 54.6 Å². The average molecular weight is 341 g/mol. The third-order valence-electron chi connectivity index (χ3n) is 3.14. The molecule has 2 rings (SSSR count). The van der Waals surface area contributed by atoms with Gasteiger partial charge in [-0.3, -0.25) is 0 Å². The smallest absolute Gasteiger partial charge is 0.421 e. The van der Waals surface area contributed by atoms with Gasteiger partial charge in [0.2, 0.25) is 0 Å². The molecule has 0 aliphatic carbocycles. The van der Waals surface area contributed by atoms with Gasteiger partial charge in [-0.2, -0.15) is 0 Å². The van der Waals surface area contributed by atoms with Crippen LogP contribution in [0.4, 0.5) is 4.79 Å². The Bertz CT molecular complexity index is 665. The molecule has 4 heteroatoms. The van der Waals surface area contributed by atoms with Crippen LogP contribution in [0.15, 0.2) is 78.2 Å². The van der Waals surface area contributed by atoms with E-state index >= 15 is 0 Å². The van der Waals surface area contributed by atoms with Crippen LogP contribution in [0.3, 0.4) is 0 Å². The van der Waals surface area contributed by atoms with Gasteiger partial charge in [0.15, 0.2) is 0 Å². The molecule has 0 saturated carbocycles. The fourth-order valence-corrected chi connectivity index (χ4v) is 3.07. The van der Waals surface area contributed by atoms with Crippen molar-refractivity contribution in [3.8, 4) is 0 Å². The van der Waals surface area contributed by atoms with E-state index in [1.54, 1.807) is 10.4 Å². The Balaban J connectivity index is 2.33. The molecule has 0 N–H and O–H groups in total. The Hall–Kier alpha value is -2.20. The van der Waals surface area contributed by atoms with Crippen molar-refractivity contribution in [2.45, 2.75) is 37.3 Å². The highest BCUT2D eigenvalue weighted by molar-refractivity contribution is 7.97. The first-order chi connectivity index (χ1) is 11.4. The largest absolute Gasteiger partial charge is 0.443 e. The normalized spacial score (nSPS) is 12.3. The van der Waals surface area contributed by atoms with Crippen LogP contribution in [0.5, 0.6) is 0 Å². The fraction of sp³-hybridized carbons (Fsp3) is 0.250. The van der Waals surface area contributed by atoms with Gasteiger partial charge in [0.05, 0.1) is 6.04 Å². The van der Waals surface area contributed by atoms with Gasteiger partial charge >= 0.3 is 6.09 Å². The summed E-state index contributed by atoms with van der Waals surface area (Å²) >= 11 is 1.35. The van der Waals surface area contributed by atoms with Crippen molar-refractivity contribution in [2.75, 3.05) is 0 Å². The maximum absolute atomic E-state index is 12.8. The minimum absolute atomic E-state index is 0.286. The van der Waals surface area contributed by atoms with Crippen LogP contribution in [0.1, 0.15) is 32.4 Å². The summed E-state index contributed by atoms with van der Waals surface area (Å²) in [5.41, 5.74) is 0.427. The molecule has 0 aliphatic rings. The van der Waals surface area contributed by atoms with Crippen molar-refractivity contribution in [1.29, 1.82) is 0 Å². The van der Waals surface area contributed by atoms with E-state index in [-0.39, 0.29) is 12.1 Å². The molecule has 0 radical (unpaired) electrons. The number of hydrogen-bond acceptors (Lipinski definition) is 3. The topological polar surface area (TPSA) is 29.5 Å². The molecular weight excluding hydrogens is 318 g/mol. The number of nitrogens with zero attached hydrogens (tertiary/aromatic N) is 1. The molecule has 0 spiro atoms. The third kappa shape index (κ3) is 5.17. The fourth-order valence-electron chi connectivity index (χ4n) is 2.13. The molecule has 0 fully saturated rings. The summed E-state index contributed by atoms with van der Waals surface area (Å²) in [7, 11) is 0. The zero-order valence-electron chi connectivity index (χ0n) is 14.3. The quantitative estimate of drug-likeness (QED) is 0.504. The number of carbonyl (C=O) groups is 1. The molecule has 2 aromatic rings. The molecular formula is C20H23NO2S. The van der Waals surface area contributed by atoms with Gasteiger partial charge in [0, 0.05) is 4.90 Å². The molecule has 1 amide bonds. The molecule has 0 bridgehead atoms. The molecule has 24 heavy (non-hydrogen) atoms. The van der Waals surface area contributed by atoms with Crippen LogP contribution in [-0.2, 0) is 4.74 Å². The summed E-state index contributed by atoms with van der Waals surface area (Å²) in [6, 6.07) is 19.3. The van der Waals surface area contributed by atoms with Crippen molar-refractivity contribution in [3.63, 3.8) is 0 Å². The van der Waals surface area contributed by atoms with E-state index in [1.807, 2.05) is 81.4 Å². The maximum atomic E-state index is 12.8. The lowest BCUT2D eigenvalue weighted by atomic mass is 10.1. The third-order valence-corrected chi connectivity index (χ3v) is 4.19. The Morgan fingerprint density at radius 3 is 2.12 bits per heavy atom.